The number of para-hydroxylation sites is 2. The molecule has 0 unspecified atom stereocenters. The molecule has 2 heterocycles. The minimum atomic E-state index is 0.567. The molecule has 0 amide bonds. The Labute approximate surface area is 214 Å². The Bertz CT molecular complexity index is 1430. The lowest BCUT2D eigenvalue weighted by Crippen LogP contribution is -2.06. The third kappa shape index (κ3) is 5.13. The van der Waals surface area contributed by atoms with Crippen molar-refractivity contribution in [2.24, 2.45) is 0 Å². The average Bonchev–Trinajstić information content (AvgIpc) is 3.58. The molecule has 7 nitrogen and oxygen atoms in total. The van der Waals surface area contributed by atoms with Crippen molar-refractivity contribution in [3.8, 4) is 34.1 Å². The third-order valence-corrected chi connectivity index (χ3v) is 6.81. The van der Waals surface area contributed by atoms with E-state index in [2.05, 4.69) is 44.2 Å². The van der Waals surface area contributed by atoms with Crippen LogP contribution in [0, 0.1) is 0 Å². The molecule has 3 aromatic carbocycles. The minimum absolute atomic E-state index is 0.567. The number of nitrogens with zero attached hydrogens (tertiary/aromatic N) is 4. The number of methoxy groups -OCH3 is 2. The predicted molar refractivity (Wildman–Crippen MR) is 140 cm³/mol. The van der Waals surface area contributed by atoms with Crippen LogP contribution in [-0.2, 0) is 18.7 Å². The molecule has 0 fully saturated rings. The topological polar surface area (TPSA) is 75.2 Å². The van der Waals surface area contributed by atoms with Crippen molar-refractivity contribution in [1.82, 2.24) is 19.9 Å². The molecule has 8 heteroatoms. The van der Waals surface area contributed by atoms with Gasteiger partial charge < -0.3 is 18.6 Å². The first-order valence-corrected chi connectivity index (χ1v) is 12.6. The lowest BCUT2D eigenvalue weighted by molar-refractivity contribution is 0.395. The van der Waals surface area contributed by atoms with Crippen LogP contribution in [0.4, 0.5) is 0 Å². The Balaban J connectivity index is 1.40. The van der Waals surface area contributed by atoms with Crippen LogP contribution in [0.5, 0.6) is 11.5 Å². The highest BCUT2D eigenvalue weighted by Crippen LogP contribution is 2.33. The second kappa shape index (κ2) is 11.1. The summed E-state index contributed by atoms with van der Waals surface area (Å²) in [5.41, 5.74) is 3.79. The highest BCUT2D eigenvalue weighted by molar-refractivity contribution is 7.98. The SMILES string of the molecule is COc1ccccc1-c1cc(CSc2nnc(-c3ccccc3OC)n2CCc2ccccc2)on1. The van der Waals surface area contributed by atoms with Crippen molar-refractivity contribution < 1.29 is 14.0 Å². The molecule has 182 valence electrons. The van der Waals surface area contributed by atoms with Crippen LogP contribution in [-0.4, -0.2) is 34.1 Å². The van der Waals surface area contributed by atoms with Crippen molar-refractivity contribution in [2.75, 3.05) is 14.2 Å². The lowest BCUT2D eigenvalue weighted by atomic mass is 10.1. The number of benzene rings is 3. The maximum Gasteiger partial charge on any atom is 0.191 e. The number of thioether (sulfide) groups is 1. The molecular weight excluding hydrogens is 472 g/mol. The fourth-order valence-corrected chi connectivity index (χ4v) is 4.85. The van der Waals surface area contributed by atoms with E-state index >= 15 is 0 Å². The average molecular weight is 499 g/mol. The van der Waals surface area contributed by atoms with Gasteiger partial charge in [0.2, 0.25) is 0 Å². The van der Waals surface area contributed by atoms with Crippen LogP contribution in [0.2, 0.25) is 0 Å². The van der Waals surface area contributed by atoms with Crippen molar-refractivity contribution in [1.29, 1.82) is 0 Å². The molecule has 2 aromatic heterocycles. The summed E-state index contributed by atoms with van der Waals surface area (Å²) in [5, 5.41) is 14.1. The second-order valence-corrected chi connectivity index (χ2v) is 9.00. The van der Waals surface area contributed by atoms with E-state index in [1.54, 1.807) is 26.0 Å². The molecule has 36 heavy (non-hydrogen) atoms. The zero-order valence-electron chi connectivity index (χ0n) is 20.1. The largest absolute Gasteiger partial charge is 0.496 e. The van der Waals surface area contributed by atoms with Gasteiger partial charge in [0.1, 0.15) is 23.0 Å². The van der Waals surface area contributed by atoms with Gasteiger partial charge in [-0.1, -0.05) is 71.5 Å². The number of ether oxygens (including phenoxy) is 2. The monoisotopic (exact) mass is 498 g/mol. The number of hydrogen-bond donors (Lipinski definition) is 0. The summed E-state index contributed by atoms with van der Waals surface area (Å²) in [6.45, 7) is 0.732. The van der Waals surface area contributed by atoms with Gasteiger partial charge in [0.15, 0.2) is 11.0 Å². The number of aromatic nitrogens is 4. The first-order valence-electron chi connectivity index (χ1n) is 11.6. The molecule has 0 aliphatic heterocycles. The van der Waals surface area contributed by atoms with Crippen LogP contribution in [0.3, 0.4) is 0 Å². The normalized spacial score (nSPS) is 10.9. The van der Waals surface area contributed by atoms with Gasteiger partial charge in [-0.2, -0.15) is 0 Å². The van der Waals surface area contributed by atoms with Crippen LogP contribution < -0.4 is 9.47 Å². The summed E-state index contributed by atoms with van der Waals surface area (Å²) in [4.78, 5) is 0. The second-order valence-electron chi connectivity index (χ2n) is 8.06. The quantitative estimate of drug-likeness (QED) is 0.214. The van der Waals surface area contributed by atoms with Crippen molar-refractivity contribution in [3.05, 3.63) is 96.3 Å². The van der Waals surface area contributed by atoms with Crippen molar-refractivity contribution in [2.45, 2.75) is 23.9 Å². The Morgan fingerprint density at radius 1 is 0.806 bits per heavy atom. The summed E-state index contributed by atoms with van der Waals surface area (Å²) >= 11 is 1.57. The zero-order valence-corrected chi connectivity index (χ0v) is 20.9. The Morgan fingerprint density at radius 3 is 2.22 bits per heavy atom. The first-order chi connectivity index (χ1) is 17.8. The molecule has 0 bridgehead atoms. The Morgan fingerprint density at radius 2 is 1.47 bits per heavy atom. The van der Waals surface area contributed by atoms with E-state index in [1.807, 2.05) is 60.7 Å². The van der Waals surface area contributed by atoms with Gasteiger partial charge in [-0.05, 0) is 36.2 Å². The third-order valence-electron chi connectivity index (χ3n) is 5.82. The molecule has 0 aliphatic rings. The fraction of sp³-hybridized carbons (Fsp3) is 0.179. The summed E-state index contributed by atoms with van der Waals surface area (Å²) < 4.78 is 18.8. The fourth-order valence-electron chi connectivity index (χ4n) is 4.01. The molecule has 0 saturated carbocycles. The molecular formula is C28H26N4O3S. The molecule has 5 rings (SSSR count). The molecule has 0 radical (unpaired) electrons. The predicted octanol–water partition coefficient (Wildman–Crippen LogP) is 6.15. The molecule has 0 aliphatic carbocycles. The molecule has 0 N–H and O–H groups in total. The van der Waals surface area contributed by atoms with E-state index in [0.717, 1.165) is 58.0 Å². The van der Waals surface area contributed by atoms with Gasteiger partial charge in [0, 0.05) is 18.2 Å². The molecule has 0 atom stereocenters. The van der Waals surface area contributed by atoms with Crippen molar-refractivity contribution >= 4 is 11.8 Å². The smallest absolute Gasteiger partial charge is 0.191 e. The molecule has 0 saturated heterocycles. The number of hydrogen-bond acceptors (Lipinski definition) is 7. The van der Waals surface area contributed by atoms with Crippen LogP contribution in [0.15, 0.2) is 94.6 Å². The maximum atomic E-state index is 5.63. The van der Waals surface area contributed by atoms with Gasteiger partial charge in [-0.15, -0.1) is 10.2 Å². The Hall–Kier alpha value is -4.04. The molecule has 5 aromatic rings. The van der Waals surface area contributed by atoms with Crippen molar-refractivity contribution in [3.63, 3.8) is 0 Å². The van der Waals surface area contributed by atoms with Gasteiger partial charge in [-0.3, -0.25) is 0 Å². The highest BCUT2D eigenvalue weighted by Gasteiger charge is 2.19. The lowest BCUT2D eigenvalue weighted by Gasteiger charge is -2.12. The van der Waals surface area contributed by atoms with Crippen LogP contribution >= 0.6 is 11.8 Å². The van der Waals surface area contributed by atoms with Gasteiger partial charge in [0.05, 0.1) is 25.5 Å². The minimum Gasteiger partial charge on any atom is -0.496 e. The highest BCUT2D eigenvalue weighted by atomic mass is 32.2. The van der Waals surface area contributed by atoms with Crippen LogP contribution in [0.1, 0.15) is 11.3 Å². The molecule has 0 spiro atoms. The van der Waals surface area contributed by atoms with Gasteiger partial charge in [0.25, 0.3) is 0 Å². The van der Waals surface area contributed by atoms with E-state index in [-0.39, 0.29) is 0 Å². The maximum absolute atomic E-state index is 5.63. The van der Waals surface area contributed by atoms with Crippen LogP contribution in [0.25, 0.3) is 22.6 Å². The van der Waals surface area contributed by atoms with E-state index in [9.17, 15) is 0 Å². The van der Waals surface area contributed by atoms with E-state index in [4.69, 9.17) is 14.0 Å². The summed E-state index contributed by atoms with van der Waals surface area (Å²) in [6.07, 6.45) is 0.856. The van der Waals surface area contributed by atoms with Gasteiger partial charge in [-0.25, -0.2) is 0 Å². The first kappa shape index (κ1) is 23.7. The number of aryl methyl sites for hydroxylation is 1. The summed E-state index contributed by atoms with van der Waals surface area (Å²) in [6, 6.07) is 28.0. The van der Waals surface area contributed by atoms with E-state index < -0.39 is 0 Å². The number of rotatable bonds is 10. The Kier molecular flexibility index (Phi) is 7.33. The summed E-state index contributed by atoms with van der Waals surface area (Å²) in [5.74, 6) is 3.61. The van der Waals surface area contributed by atoms with Gasteiger partial charge >= 0.3 is 0 Å². The zero-order chi connectivity index (χ0) is 24.7. The van der Waals surface area contributed by atoms with E-state index in [1.165, 1.54) is 5.56 Å². The van der Waals surface area contributed by atoms with E-state index in [0.29, 0.717) is 5.75 Å². The summed E-state index contributed by atoms with van der Waals surface area (Å²) in [7, 11) is 3.32. The standard InChI is InChI=1S/C28H26N4O3S/c1-33-25-14-8-6-12-22(25)24-18-21(35-31-24)19-36-28-30-29-27(23-13-7-9-15-26(23)34-2)32(28)17-16-20-10-4-3-5-11-20/h3-15,18H,16-17,19H2,1-2H3.